The predicted molar refractivity (Wildman–Crippen MR) is 71.2 cm³/mol. The van der Waals surface area contributed by atoms with Gasteiger partial charge in [-0.3, -0.25) is 0 Å². The van der Waals surface area contributed by atoms with Crippen LogP contribution in [0.3, 0.4) is 0 Å². The zero-order valence-electron chi connectivity index (χ0n) is 9.71. The van der Waals surface area contributed by atoms with Gasteiger partial charge in [0.05, 0.1) is 9.52 Å². The summed E-state index contributed by atoms with van der Waals surface area (Å²) in [4.78, 5) is 2.57. The molecule has 0 aromatic heterocycles. The van der Waals surface area contributed by atoms with Gasteiger partial charge in [-0.1, -0.05) is 36.7 Å². The molecule has 0 unspecified atom stereocenters. The van der Waals surface area contributed by atoms with Crippen LogP contribution in [0.5, 0.6) is 0 Å². The molecule has 0 N–H and O–H groups in total. The highest BCUT2D eigenvalue weighted by molar-refractivity contribution is 6.52. The van der Waals surface area contributed by atoms with E-state index in [1.807, 2.05) is 0 Å². The lowest BCUT2D eigenvalue weighted by atomic mass is 10.2. The smallest absolute Gasteiger partial charge is 0.0518 e. The highest BCUT2D eigenvalue weighted by atomic mass is 28.2. The van der Waals surface area contributed by atoms with E-state index in [2.05, 4.69) is 35.7 Å². The van der Waals surface area contributed by atoms with Crippen molar-refractivity contribution >= 4 is 20.4 Å². The van der Waals surface area contributed by atoms with Gasteiger partial charge in [0.1, 0.15) is 0 Å². The van der Waals surface area contributed by atoms with Crippen LogP contribution in [0.1, 0.15) is 25.7 Å². The molecule has 1 aromatic carbocycles. The summed E-state index contributed by atoms with van der Waals surface area (Å²) in [7, 11) is -0.00102. The van der Waals surface area contributed by atoms with Gasteiger partial charge in [-0.05, 0) is 25.0 Å². The second-order valence-corrected chi connectivity index (χ2v) is 5.95. The summed E-state index contributed by atoms with van der Waals surface area (Å²) in [6.07, 6.45) is 5.57. The second-order valence-electron chi connectivity index (χ2n) is 4.42. The maximum absolute atomic E-state index is 2.57. The number of nitrogens with zero attached hydrogens (tertiary/aromatic N) is 1. The summed E-state index contributed by atoms with van der Waals surface area (Å²) >= 11 is 0. The molecule has 1 aliphatic rings. The Labute approximate surface area is 95.3 Å². The standard InChI is InChI=1S/C13H21NSi/c1-15-13-8-6-7-12(11-13)14-9-4-2-3-5-10-14/h6-8,11H,2-5,9-10,15H2,1H3. The van der Waals surface area contributed by atoms with Gasteiger partial charge in [-0.25, -0.2) is 0 Å². The molecule has 2 rings (SSSR count). The molecule has 0 aliphatic carbocycles. The zero-order chi connectivity index (χ0) is 10.5. The Kier molecular flexibility index (Phi) is 3.84. The summed E-state index contributed by atoms with van der Waals surface area (Å²) in [6, 6.07) is 9.20. The molecule has 1 nitrogen and oxygen atoms in total. The van der Waals surface area contributed by atoms with Crippen molar-refractivity contribution in [3.8, 4) is 0 Å². The molecule has 0 radical (unpaired) electrons. The summed E-state index contributed by atoms with van der Waals surface area (Å²) in [5.74, 6) is 0. The predicted octanol–water partition coefficient (Wildman–Crippen LogP) is 1.91. The van der Waals surface area contributed by atoms with Crippen LogP contribution in [-0.4, -0.2) is 22.6 Å². The number of hydrogen-bond acceptors (Lipinski definition) is 1. The van der Waals surface area contributed by atoms with E-state index in [4.69, 9.17) is 0 Å². The molecule has 1 aliphatic heterocycles. The molecule has 15 heavy (non-hydrogen) atoms. The molecule has 0 amide bonds. The Morgan fingerprint density at radius 3 is 2.47 bits per heavy atom. The molecule has 82 valence electrons. The van der Waals surface area contributed by atoms with Gasteiger partial charge in [0.2, 0.25) is 0 Å². The summed E-state index contributed by atoms with van der Waals surface area (Å²) in [5, 5.41) is 1.59. The van der Waals surface area contributed by atoms with Crippen molar-refractivity contribution in [2.75, 3.05) is 18.0 Å². The maximum Gasteiger partial charge on any atom is 0.0518 e. The van der Waals surface area contributed by atoms with Crippen LogP contribution in [0.2, 0.25) is 6.55 Å². The van der Waals surface area contributed by atoms with Gasteiger partial charge in [0.25, 0.3) is 0 Å². The summed E-state index contributed by atoms with van der Waals surface area (Å²) in [6.45, 7) is 4.88. The SMILES string of the molecule is C[SiH2]c1cccc(N2CCCCCC2)c1. The third kappa shape index (κ3) is 2.85. The Hall–Kier alpha value is -0.763. The van der Waals surface area contributed by atoms with E-state index in [9.17, 15) is 0 Å². The number of anilines is 1. The van der Waals surface area contributed by atoms with Crippen molar-refractivity contribution in [1.29, 1.82) is 0 Å². The Bertz CT molecular complexity index is 303. The van der Waals surface area contributed by atoms with Crippen molar-refractivity contribution < 1.29 is 0 Å². The number of benzene rings is 1. The van der Waals surface area contributed by atoms with Gasteiger partial charge < -0.3 is 4.90 Å². The van der Waals surface area contributed by atoms with E-state index in [1.165, 1.54) is 44.5 Å². The molecule has 2 heteroatoms. The van der Waals surface area contributed by atoms with Crippen LogP contribution in [-0.2, 0) is 0 Å². The van der Waals surface area contributed by atoms with Gasteiger partial charge >= 0.3 is 0 Å². The monoisotopic (exact) mass is 219 g/mol. The van der Waals surface area contributed by atoms with Crippen molar-refractivity contribution in [1.82, 2.24) is 0 Å². The summed E-state index contributed by atoms with van der Waals surface area (Å²) in [5.41, 5.74) is 1.46. The largest absolute Gasteiger partial charge is 0.372 e. The Morgan fingerprint density at radius 2 is 1.80 bits per heavy atom. The zero-order valence-corrected chi connectivity index (χ0v) is 11.1. The molecule has 0 saturated carbocycles. The fraction of sp³-hybridized carbons (Fsp3) is 0.538. The van der Waals surface area contributed by atoms with Crippen LogP contribution >= 0.6 is 0 Å². The van der Waals surface area contributed by atoms with E-state index >= 15 is 0 Å². The van der Waals surface area contributed by atoms with E-state index in [1.54, 1.807) is 5.19 Å². The number of hydrogen-bond donors (Lipinski definition) is 0. The number of rotatable bonds is 2. The van der Waals surface area contributed by atoms with Gasteiger partial charge in [0, 0.05) is 18.8 Å². The normalized spacial score (nSPS) is 18.3. The van der Waals surface area contributed by atoms with Crippen LogP contribution in [0.4, 0.5) is 5.69 Å². The lowest BCUT2D eigenvalue weighted by molar-refractivity contribution is 0.726. The molecular weight excluding hydrogens is 198 g/mol. The third-order valence-corrected chi connectivity index (χ3v) is 4.55. The third-order valence-electron chi connectivity index (χ3n) is 3.29. The first-order chi connectivity index (χ1) is 7.40. The maximum atomic E-state index is 2.57. The molecule has 1 aromatic rings. The topological polar surface area (TPSA) is 3.24 Å². The molecule has 0 atom stereocenters. The average molecular weight is 219 g/mol. The minimum Gasteiger partial charge on any atom is -0.372 e. The van der Waals surface area contributed by atoms with Gasteiger partial charge in [0.15, 0.2) is 0 Å². The van der Waals surface area contributed by atoms with Gasteiger partial charge in [-0.15, -0.1) is 0 Å². The lowest BCUT2D eigenvalue weighted by Crippen LogP contribution is -2.25. The Morgan fingerprint density at radius 1 is 1.07 bits per heavy atom. The highest BCUT2D eigenvalue weighted by Crippen LogP contribution is 2.17. The first-order valence-electron chi connectivity index (χ1n) is 6.24. The minimum atomic E-state index is -0.00102. The van der Waals surface area contributed by atoms with Gasteiger partial charge in [-0.2, -0.15) is 0 Å². The molecule has 1 fully saturated rings. The fourth-order valence-corrected chi connectivity index (χ4v) is 3.09. The molecule has 1 saturated heterocycles. The van der Waals surface area contributed by atoms with E-state index in [0.717, 1.165) is 0 Å². The van der Waals surface area contributed by atoms with Crippen LogP contribution in [0.25, 0.3) is 0 Å². The quantitative estimate of drug-likeness (QED) is 0.687. The van der Waals surface area contributed by atoms with Crippen molar-refractivity contribution in [2.24, 2.45) is 0 Å². The molecule has 0 bridgehead atoms. The molecule has 1 heterocycles. The Balaban J connectivity index is 2.12. The van der Waals surface area contributed by atoms with E-state index < -0.39 is 0 Å². The van der Waals surface area contributed by atoms with Crippen LogP contribution < -0.4 is 10.1 Å². The minimum absolute atomic E-state index is 0.00102. The lowest BCUT2D eigenvalue weighted by Gasteiger charge is -2.23. The van der Waals surface area contributed by atoms with E-state index in [0.29, 0.717) is 0 Å². The molecular formula is C13H21NSi. The summed E-state index contributed by atoms with van der Waals surface area (Å²) < 4.78 is 0. The first kappa shape index (κ1) is 10.7. The fourth-order valence-electron chi connectivity index (χ4n) is 2.30. The van der Waals surface area contributed by atoms with Crippen molar-refractivity contribution in [3.63, 3.8) is 0 Å². The average Bonchev–Trinajstić information content (AvgIpc) is 2.58. The first-order valence-corrected chi connectivity index (χ1v) is 8.36. The van der Waals surface area contributed by atoms with Crippen LogP contribution in [0, 0.1) is 0 Å². The van der Waals surface area contributed by atoms with Crippen LogP contribution in [0.15, 0.2) is 24.3 Å². The van der Waals surface area contributed by atoms with Crippen molar-refractivity contribution in [3.05, 3.63) is 24.3 Å². The van der Waals surface area contributed by atoms with Crippen molar-refractivity contribution in [2.45, 2.75) is 32.2 Å². The highest BCUT2D eigenvalue weighted by Gasteiger charge is 2.09. The molecule has 0 spiro atoms. The van der Waals surface area contributed by atoms with E-state index in [-0.39, 0.29) is 9.52 Å². The second kappa shape index (κ2) is 5.36.